The maximum atomic E-state index is 11.1. The van der Waals surface area contributed by atoms with E-state index in [0.717, 1.165) is 31.8 Å². The molecular weight excluding hydrogens is 290 g/mol. The Bertz CT molecular complexity index is 453. The molecule has 21 heavy (non-hydrogen) atoms. The lowest BCUT2D eigenvalue weighted by Gasteiger charge is -2.30. The van der Waals surface area contributed by atoms with Crippen molar-refractivity contribution in [3.63, 3.8) is 0 Å². The van der Waals surface area contributed by atoms with Crippen LogP contribution in [0.25, 0.3) is 0 Å². The van der Waals surface area contributed by atoms with Crippen LogP contribution in [0.1, 0.15) is 30.1 Å². The summed E-state index contributed by atoms with van der Waals surface area (Å²) in [5, 5.41) is 0. The Morgan fingerprint density at radius 2 is 2.24 bits per heavy atom. The van der Waals surface area contributed by atoms with Gasteiger partial charge in [-0.3, -0.25) is 9.69 Å². The minimum Gasteiger partial charge on any atom is -0.493 e. The second kappa shape index (κ2) is 8.90. The molecular formula is C16H24ClNO3. The Hall–Kier alpha value is -1.26. The largest absolute Gasteiger partial charge is 0.493 e. The zero-order chi connectivity index (χ0) is 14.4. The SMILES string of the molecule is COc1cccc(C=O)c1OCCN1CCCC(C)C1.Cl. The Morgan fingerprint density at radius 3 is 2.90 bits per heavy atom. The molecule has 0 aromatic heterocycles. The normalized spacial score (nSPS) is 18.7. The molecule has 0 saturated carbocycles. The van der Waals surface area contributed by atoms with Gasteiger partial charge in [0.2, 0.25) is 0 Å². The highest BCUT2D eigenvalue weighted by atomic mass is 35.5. The van der Waals surface area contributed by atoms with Crippen molar-refractivity contribution in [2.24, 2.45) is 5.92 Å². The van der Waals surface area contributed by atoms with Gasteiger partial charge in [-0.15, -0.1) is 12.4 Å². The van der Waals surface area contributed by atoms with E-state index in [0.29, 0.717) is 23.7 Å². The van der Waals surface area contributed by atoms with E-state index in [2.05, 4.69) is 11.8 Å². The number of likely N-dealkylation sites (tertiary alicyclic amines) is 1. The molecule has 1 aliphatic heterocycles. The lowest BCUT2D eigenvalue weighted by atomic mass is 10.0. The maximum Gasteiger partial charge on any atom is 0.171 e. The van der Waals surface area contributed by atoms with Crippen LogP contribution in [0.15, 0.2) is 18.2 Å². The highest BCUT2D eigenvalue weighted by molar-refractivity contribution is 5.85. The van der Waals surface area contributed by atoms with Gasteiger partial charge in [0.1, 0.15) is 6.61 Å². The Morgan fingerprint density at radius 1 is 1.43 bits per heavy atom. The van der Waals surface area contributed by atoms with E-state index < -0.39 is 0 Å². The third kappa shape index (κ3) is 4.90. The predicted molar refractivity (Wildman–Crippen MR) is 86.0 cm³/mol. The van der Waals surface area contributed by atoms with Gasteiger partial charge in [0.05, 0.1) is 12.7 Å². The first kappa shape index (κ1) is 17.8. The van der Waals surface area contributed by atoms with Gasteiger partial charge in [-0.25, -0.2) is 0 Å². The molecule has 0 N–H and O–H groups in total. The Labute approximate surface area is 132 Å². The van der Waals surface area contributed by atoms with Crippen molar-refractivity contribution >= 4 is 18.7 Å². The Kier molecular flexibility index (Phi) is 7.54. The smallest absolute Gasteiger partial charge is 0.171 e. The van der Waals surface area contributed by atoms with Crippen LogP contribution in [0.4, 0.5) is 0 Å². The van der Waals surface area contributed by atoms with Crippen molar-refractivity contribution in [1.29, 1.82) is 0 Å². The number of carbonyl (C=O) groups excluding carboxylic acids is 1. The molecule has 1 atom stereocenters. The fourth-order valence-corrected chi connectivity index (χ4v) is 2.71. The molecule has 1 aliphatic rings. The van der Waals surface area contributed by atoms with Crippen molar-refractivity contribution in [3.8, 4) is 11.5 Å². The minimum atomic E-state index is 0. The topological polar surface area (TPSA) is 38.8 Å². The van der Waals surface area contributed by atoms with E-state index in [9.17, 15) is 4.79 Å². The summed E-state index contributed by atoms with van der Waals surface area (Å²) in [6.07, 6.45) is 3.38. The quantitative estimate of drug-likeness (QED) is 0.757. The van der Waals surface area contributed by atoms with E-state index in [-0.39, 0.29) is 12.4 Å². The van der Waals surface area contributed by atoms with Crippen LogP contribution in [0, 0.1) is 5.92 Å². The van der Waals surface area contributed by atoms with Gasteiger partial charge in [0, 0.05) is 13.1 Å². The maximum absolute atomic E-state index is 11.1. The molecule has 1 fully saturated rings. The van der Waals surface area contributed by atoms with E-state index in [1.165, 1.54) is 12.8 Å². The summed E-state index contributed by atoms with van der Waals surface area (Å²) in [6, 6.07) is 5.35. The van der Waals surface area contributed by atoms with E-state index in [1.54, 1.807) is 19.2 Å². The fraction of sp³-hybridized carbons (Fsp3) is 0.562. The third-order valence-electron chi connectivity index (χ3n) is 3.75. The lowest BCUT2D eigenvalue weighted by Crippen LogP contribution is -2.37. The van der Waals surface area contributed by atoms with Crippen LogP contribution in [-0.2, 0) is 0 Å². The zero-order valence-electron chi connectivity index (χ0n) is 12.7. The van der Waals surface area contributed by atoms with Gasteiger partial charge >= 0.3 is 0 Å². The molecule has 118 valence electrons. The summed E-state index contributed by atoms with van der Waals surface area (Å²) in [7, 11) is 1.59. The summed E-state index contributed by atoms with van der Waals surface area (Å²) in [6.45, 7) is 6.03. The predicted octanol–water partition coefficient (Wildman–Crippen LogP) is 3.04. The van der Waals surface area contributed by atoms with Crippen LogP contribution < -0.4 is 9.47 Å². The van der Waals surface area contributed by atoms with E-state index in [4.69, 9.17) is 9.47 Å². The second-order valence-corrected chi connectivity index (χ2v) is 5.39. The number of piperidine rings is 1. The fourth-order valence-electron chi connectivity index (χ4n) is 2.71. The van der Waals surface area contributed by atoms with Crippen molar-refractivity contribution in [2.75, 3.05) is 33.4 Å². The first-order chi connectivity index (χ1) is 9.74. The van der Waals surface area contributed by atoms with Crippen LogP contribution in [0.5, 0.6) is 11.5 Å². The molecule has 1 unspecified atom stereocenters. The summed E-state index contributed by atoms with van der Waals surface area (Å²) in [4.78, 5) is 13.5. The molecule has 0 radical (unpaired) electrons. The van der Waals surface area contributed by atoms with Crippen molar-refractivity contribution in [1.82, 2.24) is 4.90 Å². The number of benzene rings is 1. The first-order valence-electron chi connectivity index (χ1n) is 7.22. The first-order valence-corrected chi connectivity index (χ1v) is 7.22. The Balaban J connectivity index is 0.00000220. The zero-order valence-corrected chi connectivity index (χ0v) is 13.5. The van der Waals surface area contributed by atoms with Crippen molar-refractivity contribution in [3.05, 3.63) is 23.8 Å². The molecule has 1 aromatic rings. The number of halogens is 1. The van der Waals surface area contributed by atoms with Gasteiger partial charge in [0.25, 0.3) is 0 Å². The van der Waals surface area contributed by atoms with Gasteiger partial charge in [0.15, 0.2) is 17.8 Å². The average Bonchev–Trinajstić information content (AvgIpc) is 2.47. The van der Waals surface area contributed by atoms with Crippen LogP contribution in [-0.4, -0.2) is 44.5 Å². The summed E-state index contributed by atoms with van der Waals surface area (Å²) < 4.78 is 11.0. The molecule has 1 saturated heterocycles. The van der Waals surface area contributed by atoms with Crippen LogP contribution in [0.3, 0.4) is 0 Å². The number of para-hydroxylation sites is 1. The molecule has 4 nitrogen and oxygen atoms in total. The van der Waals surface area contributed by atoms with Gasteiger partial charge in [-0.05, 0) is 37.4 Å². The van der Waals surface area contributed by atoms with Crippen LogP contribution in [0.2, 0.25) is 0 Å². The molecule has 0 spiro atoms. The standard InChI is InChI=1S/C16H23NO3.ClH/c1-13-5-4-8-17(11-13)9-10-20-16-14(12-18)6-3-7-15(16)19-2;/h3,6-7,12-13H,4-5,8-11H2,1-2H3;1H. The van der Waals surface area contributed by atoms with Crippen LogP contribution >= 0.6 is 12.4 Å². The molecule has 5 heteroatoms. The number of carbonyl (C=O) groups is 1. The highest BCUT2D eigenvalue weighted by Crippen LogP contribution is 2.30. The third-order valence-corrected chi connectivity index (χ3v) is 3.75. The number of hydrogen-bond donors (Lipinski definition) is 0. The monoisotopic (exact) mass is 313 g/mol. The number of ether oxygens (including phenoxy) is 2. The number of aldehydes is 1. The van der Waals surface area contributed by atoms with Gasteiger partial charge < -0.3 is 9.47 Å². The minimum absolute atomic E-state index is 0. The lowest BCUT2D eigenvalue weighted by molar-refractivity contribution is 0.111. The molecule has 0 amide bonds. The number of hydrogen-bond acceptors (Lipinski definition) is 4. The highest BCUT2D eigenvalue weighted by Gasteiger charge is 2.16. The van der Waals surface area contributed by atoms with Crippen molar-refractivity contribution < 1.29 is 14.3 Å². The second-order valence-electron chi connectivity index (χ2n) is 5.39. The number of nitrogens with zero attached hydrogens (tertiary/aromatic N) is 1. The number of rotatable bonds is 6. The van der Waals surface area contributed by atoms with Gasteiger partial charge in [-0.1, -0.05) is 13.0 Å². The summed E-state index contributed by atoms with van der Waals surface area (Å²) in [5.74, 6) is 1.93. The summed E-state index contributed by atoms with van der Waals surface area (Å²) in [5.41, 5.74) is 0.538. The molecule has 2 rings (SSSR count). The molecule has 0 bridgehead atoms. The average molecular weight is 314 g/mol. The van der Waals surface area contributed by atoms with E-state index >= 15 is 0 Å². The number of methoxy groups -OCH3 is 1. The van der Waals surface area contributed by atoms with Gasteiger partial charge in [-0.2, -0.15) is 0 Å². The van der Waals surface area contributed by atoms with Crippen molar-refractivity contribution in [2.45, 2.75) is 19.8 Å². The van der Waals surface area contributed by atoms with E-state index in [1.807, 2.05) is 6.07 Å². The molecule has 1 aromatic carbocycles. The summed E-state index contributed by atoms with van der Waals surface area (Å²) >= 11 is 0. The molecule has 1 heterocycles. The molecule has 0 aliphatic carbocycles.